The van der Waals surface area contributed by atoms with Gasteiger partial charge in [0.25, 0.3) is 0 Å². The molecule has 0 saturated heterocycles. The first-order chi connectivity index (χ1) is 10.3. The van der Waals surface area contributed by atoms with E-state index in [-0.39, 0.29) is 6.04 Å². The van der Waals surface area contributed by atoms with E-state index >= 15 is 0 Å². The Hall–Kier alpha value is -1.49. The smallest absolute Gasteiger partial charge is 0.119 e. The van der Waals surface area contributed by atoms with Crippen LogP contribution in [-0.4, -0.2) is 12.9 Å². The van der Waals surface area contributed by atoms with Crippen LogP contribution in [0.3, 0.4) is 0 Å². The van der Waals surface area contributed by atoms with Gasteiger partial charge in [-0.25, -0.2) is 5.43 Å². The Balaban J connectivity index is 2.15. The third-order valence-electron chi connectivity index (χ3n) is 3.30. The van der Waals surface area contributed by atoms with Crippen LogP contribution in [0, 0.1) is 0 Å². The quantitative estimate of drug-likeness (QED) is 0.464. The molecule has 0 aromatic heterocycles. The largest absolute Gasteiger partial charge is 0.494 e. The maximum atomic E-state index is 5.74. The van der Waals surface area contributed by atoms with E-state index in [1.54, 1.807) is 11.8 Å². The average molecular weight is 302 g/mol. The van der Waals surface area contributed by atoms with Gasteiger partial charge >= 0.3 is 0 Å². The van der Waals surface area contributed by atoms with Gasteiger partial charge in [-0.1, -0.05) is 31.2 Å². The third kappa shape index (κ3) is 4.24. The standard InChI is InChI=1S/C17H22N2OS/c1-3-12-20-15-8-4-13(5-9-15)17(19-18)14-6-10-16(21-2)11-7-14/h4-11,17,19H,3,12,18H2,1-2H3. The summed E-state index contributed by atoms with van der Waals surface area (Å²) in [5.74, 6) is 6.64. The van der Waals surface area contributed by atoms with E-state index in [0.29, 0.717) is 0 Å². The van der Waals surface area contributed by atoms with Gasteiger partial charge in [0.05, 0.1) is 12.6 Å². The predicted octanol–water partition coefficient (Wildman–Crippen LogP) is 3.75. The van der Waals surface area contributed by atoms with E-state index in [0.717, 1.165) is 29.9 Å². The molecule has 0 aliphatic rings. The molecule has 0 fully saturated rings. The predicted molar refractivity (Wildman–Crippen MR) is 89.6 cm³/mol. The highest BCUT2D eigenvalue weighted by atomic mass is 32.2. The van der Waals surface area contributed by atoms with Crippen molar-refractivity contribution in [2.45, 2.75) is 24.3 Å². The van der Waals surface area contributed by atoms with Crippen LogP contribution in [0.15, 0.2) is 53.4 Å². The fraction of sp³-hybridized carbons (Fsp3) is 0.294. The van der Waals surface area contributed by atoms with E-state index in [4.69, 9.17) is 10.6 Å². The van der Waals surface area contributed by atoms with Crippen LogP contribution >= 0.6 is 11.8 Å². The lowest BCUT2D eigenvalue weighted by Gasteiger charge is -2.17. The van der Waals surface area contributed by atoms with Crippen molar-refractivity contribution < 1.29 is 4.74 Å². The summed E-state index contributed by atoms with van der Waals surface area (Å²) in [6, 6.07) is 16.5. The van der Waals surface area contributed by atoms with Crippen LogP contribution in [0.2, 0.25) is 0 Å². The van der Waals surface area contributed by atoms with Gasteiger partial charge in [-0.15, -0.1) is 11.8 Å². The molecule has 4 heteroatoms. The zero-order valence-electron chi connectivity index (χ0n) is 12.5. The van der Waals surface area contributed by atoms with Crippen LogP contribution in [0.25, 0.3) is 0 Å². The van der Waals surface area contributed by atoms with Gasteiger partial charge in [0.1, 0.15) is 5.75 Å². The third-order valence-corrected chi connectivity index (χ3v) is 4.05. The number of nitrogens with one attached hydrogen (secondary N) is 1. The van der Waals surface area contributed by atoms with E-state index in [1.165, 1.54) is 4.90 Å². The molecule has 1 unspecified atom stereocenters. The highest BCUT2D eigenvalue weighted by Gasteiger charge is 2.12. The van der Waals surface area contributed by atoms with Crippen LogP contribution in [0.5, 0.6) is 5.75 Å². The monoisotopic (exact) mass is 302 g/mol. The van der Waals surface area contributed by atoms with Crippen LogP contribution in [0.4, 0.5) is 0 Å². The van der Waals surface area contributed by atoms with Crippen LogP contribution in [0.1, 0.15) is 30.5 Å². The zero-order valence-corrected chi connectivity index (χ0v) is 13.3. The van der Waals surface area contributed by atoms with E-state index < -0.39 is 0 Å². The van der Waals surface area contributed by atoms with E-state index in [2.05, 4.69) is 55.0 Å². The lowest BCUT2D eigenvalue weighted by molar-refractivity contribution is 0.317. The Kier molecular flexibility index (Phi) is 6.11. The van der Waals surface area contributed by atoms with Gasteiger partial charge < -0.3 is 4.74 Å². The zero-order chi connectivity index (χ0) is 15.1. The summed E-state index contributed by atoms with van der Waals surface area (Å²) in [7, 11) is 0. The summed E-state index contributed by atoms with van der Waals surface area (Å²) in [5.41, 5.74) is 5.16. The SMILES string of the molecule is CCCOc1ccc(C(NN)c2ccc(SC)cc2)cc1. The first-order valence-corrected chi connectivity index (χ1v) is 8.33. The number of nitrogens with two attached hydrogens (primary N) is 1. The minimum Gasteiger partial charge on any atom is -0.494 e. The van der Waals surface area contributed by atoms with Crippen molar-refractivity contribution >= 4 is 11.8 Å². The summed E-state index contributed by atoms with van der Waals surface area (Å²) < 4.78 is 5.61. The summed E-state index contributed by atoms with van der Waals surface area (Å²) in [4.78, 5) is 1.25. The molecule has 0 aliphatic carbocycles. The van der Waals surface area contributed by atoms with Crippen molar-refractivity contribution in [3.05, 3.63) is 59.7 Å². The number of thioether (sulfide) groups is 1. The maximum absolute atomic E-state index is 5.74. The number of hydrogen-bond donors (Lipinski definition) is 2. The van der Waals surface area contributed by atoms with Crippen molar-refractivity contribution in [3.8, 4) is 5.75 Å². The molecule has 112 valence electrons. The average Bonchev–Trinajstić information content (AvgIpc) is 2.55. The summed E-state index contributed by atoms with van der Waals surface area (Å²) in [6.07, 6.45) is 3.08. The molecule has 0 spiro atoms. The van der Waals surface area contributed by atoms with Crippen molar-refractivity contribution in [1.29, 1.82) is 0 Å². The van der Waals surface area contributed by atoms with E-state index in [1.807, 2.05) is 12.1 Å². The second kappa shape index (κ2) is 8.08. The molecule has 0 heterocycles. The van der Waals surface area contributed by atoms with Crippen LogP contribution in [-0.2, 0) is 0 Å². The summed E-state index contributed by atoms with van der Waals surface area (Å²) in [6.45, 7) is 2.84. The Morgan fingerprint density at radius 1 is 1.05 bits per heavy atom. The molecule has 2 aromatic carbocycles. The van der Waals surface area contributed by atoms with Gasteiger partial charge in [-0.05, 0) is 48.1 Å². The highest BCUT2D eigenvalue weighted by molar-refractivity contribution is 7.98. The molecule has 0 saturated carbocycles. The Morgan fingerprint density at radius 3 is 2.10 bits per heavy atom. The minimum atomic E-state index is -0.0128. The fourth-order valence-corrected chi connectivity index (χ4v) is 2.57. The minimum absolute atomic E-state index is 0.0128. The first-order valence-electron chi connectivity index (χ1n) is 7.11. The number of benzene rings is 2. The number of hydrogen-bond acceptors (Lipinski definition) is 4. The van der Waals surface area contributed by atoms with Gasteiger partial charge in [-0.2, -0.15) is 0 Å². The normalized spacial score (nSPS) is 12.1. The number of hydrazine groups is 1. The molecule has 3 N–H and O–H groups in total. The molecule has 3 nitrogen and oxygen atoms in total. The first kappa shape index (κ1) is 15.9. The molecule has 2 rings (SSSR count). The topological polar surface area (TPSA) is 47.3 Å². The van der Waals surface area contributed by atoms with Crippen molar-refractivity contribution in [1.82, 2.24) is 5.43 Å². The van der Waals surface area contributed by atoms with Gasteiger partial charge in [0.2, 0.25) is 0 Å². The molecule has 0 aliphatic heterocycles. The summed E-state index contributed by atoms with van der Waals surface area (Å²) in [5, 5.41) is 0. The highest BCUT2D eigenvalue weighted by Crippen LogP contribution is 2.25. The Morgan fingerprint density at radius 2 is 1.62 bits per heavy atom. The second-order valence-electron chi connectivity index (χ2n) is 4.79. The molecule has 2 aromatic rings. The van der Waals surface area contributed by atoms with Crippen molar-refractivity contribution in [2.24, 2.45) is 5.84 Å². The molecular formula is C17H22N2OS. The lowest BCUT2D eigenvalue weighted by atomic mass is 9.99. The second-order valence-corrected chi connectivity index (χ2v) is 5.67. The number of ether oxygens (including phenoxy) is 1. The fourth-order valence-electron chi connectivity index (χ4n) is 2.16. The van der Waals surface area contributed by atoms with Gasteiger partial charge in [0, 0.05) is 4.90 Å². The molecule has 0 radical (unpaired) electrons. The van der Waals surface area contributed by atoms with E-state index in [9.17, 15) is 0 Å². The molecule has 1 atom stereocenters. The molecule has 21 heavy (non-hydrogen) atoms. The van der Waals surface area contributed by atoms with Crippen molar-refractivity contribution in [3.63, 3.8) is 0 Å². The maximum Gasteiger partial charge on any atom is 0.119 e. The number of rotatable bonds is 7. The Labute approximate surface area is 130 Å². The van der Waals surface area contributed by atoms with Gasteiger partial charge in [0.15, 0.2) is 0 Å². The van der Waals surface area contributed by atoms with Crippen LogP contribution < -0.4 is 16.0 Å². The summed E-state index contributed by atoms with van der Waals surface area (Å²) >= 11 is 1.73. The molecular weight excluding hydrogens is 280 g/mol. The van der Waals surface area contributed by atoms with Crippen molar-refractivity contribution in [2.75, 3.05) is 12.9 Å². The lowest BCUT2D eigenvalue weighted by Crippen LogP contribution is -2.28. The molecule has 0 amide bonds. The van der Waals surface area contributed by atoms with Gasteiger partial charge in [-0.3, -0.25) is 5.84 Å². The molecule has 0 bridgehead atoms. The Bertz CT molecular complexity index is 540.